The molecule has 1 amide bonds. The van der Waals surface area contributed by atoms with Crippen molar-refractivity contribution in [2.45, 2.75) is 26.7 Å². The van der Waals surface area contributed by atoms with Crippen LogP contribution in [0.15, 0.2) is 48.5 Å². The van der Waals surface area contributed by atoms with Crippen molar-refractivity contribution in [2.24, 2.45) is 0 Å². The van der Waals surface area contributed by atoms with Crippen LogP contribution in [0, 0.1) is 13.8 Å². The molecule has 0 radical (unpaired) electrons. The van der Waals surface area contributed by atoms with E-state index in [1.807, 2.05) is 62.4 Å². The molecule has 2 heteroatoms. The minimum Gasteiger partial charge on any atom is -0.326 e. The first kappa shape index (κ1) is 13.3. The highest BCUT2D eigenvalue weighted by molar-refractivity contribution is 5.95. The lowest BCUT2D eigenvalue weighted by molar-refractivity contribution is -0.117. The van der Waals surface area contributed by atoms with Gasteiger partial charge in [0.15, 0.2) is 0 Å². The van der Waals surface area contributed by atoms with Crippen molar-refractivity contribution in [3.8, 4) is 0 Å². The summed E-state index contributed by atoms with van der Waals surface area (Å²) in [6, 6.07) is 15.8. The van der Waals surface area contributed by atoms with Gasteiger partial charge in [0.2, 0.25) is 5.91 Å². The van der Waals surface area contributed by atoms with Gasteiger partial charge in [-0.1, -0.05) is 36.4 Å². The smallest absolute Gasteiger partial charge is 0.231 e. The monoisotopic (exact) mass is 253 g/mol. The maximum absolute atomic E-state index is 12.2. The molecule has 0 unspecified atom stereocenters. The van der Waals surface area contributed by atoms with E-state index in [2.05, 4.69) is 12.2 Å². The Kier molecular flexibility index (Phi) is 4.00. The van der Waals surface area contributed by atoms with Gasteiger partial charge < -0.3 is 5.32 Å². The number of carbonyl (C=O) groups excluding carboxylic acids is 1. The summed E-state index contributed by atoms with van der Waals surface area (Å²) in [5.41, 5.74) is 4.30. The van der Waals surface area contributed by atoms with Crippen LogP contribution in [0.3, 0.4) is 0 Å². The van der Waals surface area contributed by atoms with E-state index in [9.17, 15) is 4.79 Å². The van der Waals surface area contributed by atoms with E-state index < -0.39 is 0 Å². The number of nitrogens with one attached hydrogen (secondary N) is 1. The molecule has 2 aromatic rings. The van der Waals surface area contributed by atoms with Crippen molar-refractivity contribution in [2.75, 3.05) is 5.32 Å². The molecule has 2 rings (SSSR count). The molecule has 2 nitrogen and oxygen atoms in total. The first-order valence-electron chi connectivity index (χ1n) is 6.51. The molecule has 0 spiro atoms. The number of aryl methyl sites for hydroxylation is 2. The van der Waals surface area contributed by atoms with Crippen molar-refractivity contribution in [3.63, 3.8) is 0 Å². The van der Waals surface area contributed by atoms with E-state index in [0.717, 1.165) is 11.3 Å². The number of rotatable bonds is 3. The lowest BCUT2D eigenvalue weighted by atomic mass is 10.0. The first-order valence-corrected chi connectivity index (χ1v) is 6.51. The summed E-state index contributed by atoms with van der Waals surface area (Å²) in [7, 11) is 0. The molecule has 1 N–H and O–H groups in total. The van der Waals surface area contributed by atoms with Gasteiger partial charge in [-0.15, -0.1) is 0 Å². The largest absolute Gasteiger partial charge is 0.326 e. The lowest BCUT2D eigenvalue weighted by Crippen LogP contribution is -2.18. The van der Waals surface area contributed by atoms with Crippen molar-refractivity contribution >= 4 is 11.6 Å². The summed E-state index contributed by atoms with van der Waals surface area (Å²) in [6.45, 7) is 6.03. The van der Waals surface area contributed by atoms with E-state index in [1.165, 1.54) is 11.1 Å². The van der Waals surface area contributed by atoms with Gasteiger partial charge in [0.1, 0.15) is 0 Å². The molecule has 0 aromatic heterocycles. The minimum atomic E-state index is -0.150. The van der Waals surface area contributed by atoms with Crippen LogP contribution >= 0.6 is 0 Å². The van der Waals surface area contributed by atoms with Gasteiger partial charge in [0, 0.05) is 5.69 Å². The first-order chi connectivity index (χ1) is 9.08. The predicted octanol–water partition coefficient (Wildman–Crippen LogP) is 4.05. The van der Waals surface area contributed by atoms with Gasteiger partial charge in [0.05, 0.1) is 5.92 Å². The number of hydrogen-bond donors (Lipinski definition) is 1. The Morgan fingerprint density at radius 3 is 2.32 bits per heavy atom. The molecule has 0 aliphatic carbocycles. The molecule has 0 fully saturated rings. The number of anilines is 1. The van der Waals surface area contributed by atoms with Crippen LogP contribution in [0.1, 0.15) is 29.5 Å². The molecule has 0 aliphatic rings. The lowest BCUT2D eigenvalue weighted by Gasteiger charge is -2.13. The summed E-state index contributed by atoms with van der Waals surface area (Å²) in [6.07, 6.45) is 0. The number of amides is 1. The maximum Gasteiger partial charge on any atom is 0.231 e. The zero-order valence-corrected chi connectivity index (χ0v) is 11.6. The molecule has 0 heterocycles. The van der Waals surface area contributed by atoms with Gasteiger partial charge in [-0.25, -0.2) is 0 Å². The highest BCUT2D eigenvalue weighted by Crippen LogP contribution is 2.19. The van der Waals surface area contributed by atoms with Crippen LogP contribution in [-0.4, -0.2) is 5.91 Å². The van der Waals surface area contributed by atoms with Crippen LogP contribution in [0.4, 0.5) is 5.69 Å². The summed E-state index contributed by atoms with van der Waals surface area (Å²) in [4.78, 5) is 12.2. The van der Waals surface area contributed by atoms with Crippen LogP contribution in [0.2, 0.25) is 0 Å². The average molecular weight is 253 g/mol. The second-order valence-electron chi connectivity index (χ2n) is 4.92. The zero-order valence-electron chi connectivity index (χ0n) is 11.6. The highest BCUT2D eigenvalue weighted by Gasteiger charge is 2.14. The molecule has 98 valence electrons. The average Bonchev–Trinajstić information content (AvgIpc) is 2.43. The van der Waals surface area contributed by atoms with Crippen LogP contribution in [0.25, 0.3) is 0 Å². The molecule has 0 aliphatic heterocycles. The third kappa shape index (κ3) is 3.22. The fourth-order valence-electron chi connectivity index (χ4n) is 1.96. The van der Waals surface area contributed by atoms with Crippen molar-refractivity contribution in [3.05, 3.63) is 65.2 Å². The van der Waals surface area contributed by atoms with Crippen LogP contribution in [0.5, 0.6) is 0 Å². The minimum absolute atomic E-state index is 0.0226. The summed E-state index contributed by atoms with van der Waals surface area (Å²) in [5.74, 6) is -0.128. The van der Waals surface area contributed by atoms with Gasteiger partial charge in [-0.05, 0) is 49.6 Å². The Morgan fingerprint density at radius 2 is 1.68 bits per heavy atom. The zero-order chi connectivity index (χ0) is 13.8. The standard InChI is InChI=1S/C17H19NO/c1-12-9-10-16(11-13(12)2)18-17(19)14(3)15-7-5-4-6-8-15/h4-11,14H,1-3H3,(H,18,19)/t14-/m1/s1. The third-order valence-corrected chi connectivity index (χ3v) is 3.47. The Labute approximate surface area is 114 Å². The van der Waals surface area contributed by atoms with Crippen LogP contribution in [-0.2, 0) is 4.79 Å². The fourth-order valence-corrected chi connectivity index (χ4v) is 1.96. The topological polar surface area (TPSA) is 29.1 Å². The molecule has 0 saturated carbocycles. The fraction of sp³-hybridized carbons (Fsp3) is 0.235. The number of benzene rings is 2. The van der Waals surface area contributed by atoms with E-state index in [1.54, 1.807) is 0 Å². The third-order valence-electron chi connectivity index (χ3n) is 3.47. The predicted molar refractivity (Wildman–Crippen MR) is 79.4 cm³/mol. The molecule has 2 aromatic carbocycles. The Hall–Kier alpha value is -2.09. The van der Waals surface area contributed by atoms with Crippen molar-refractivity contribution in [1.82, 2.24) is 0 Å². The van der Waals surface area contributed by atoms with Crippen LogP contribution < -0.4 is 5.32 Å². The molecule has 0 saturated heterocycles. The van der Waals surface area contributed by atoms with E-state index in [0.29, 0.717) is 0 Å². The molecular weight excluding hydrogens is 234 g/mol. The van der Waals surface area contributed by atoms with E-state index in [-0.39, 0.29) is 11.8 Å². The Balaban J connectivity index is 2.10. The van der Waals surface area contributed by atoms with E-state index in [4.69, 9.17) is 0 Å². The van der Waals surface area contributed by atoms with Gasteiger partial charge in [-0.3, -0.25) is 4.79 Å². The SMILES string of the molecule is Cc1ccc(NC(=O)[C@H](C)c2ccccc2)cc1C. The summed E-state index contributed by atoms with van der Waals surface area (Å²) < 4.78 is 0. The van der Waals surface area contributed by atoms with Gasteiger partial charge in [0.25, 0.3) is 0 Å². The summed E-state index contributed by atoms with van der Waals surface area (Å²) >= 11 is 0. The molecular formula is C17H19NO. The normalized spacial score (nSPS) is 11.9. The molecule has 19 heavy (non-hydrogen) atoms. The molecule has 1 atom stereocenters. The quantitative estimate of drug-likeness (QED) is 0.878. The van der Waals surface area contributed by atoms with Gasteiger partial charge >= 0.3 is 0 Å². The van der Waals surface area contributed by atoms with E-state index >= 15 is 0 Å². The maximum atomic E-state index is 12.2. The molecule has 0 bridgehead atoms. The van der Waals surface area contributed by atoms with Crippen molar-refractivity contribution in [1.29, 1.82) is 0 Å². The second kappa shape index (κ2) is 5.70. The number of hydrogen-bond acceptors (Lipinski definition) is 1. The number of carbonyl (C=O) groups is 1. The Bertz CT molecular complexity index is 575. The summed E-state index contributed by atoms with van der Waals surface area (Å²) in [5, 5.41) is 2.97. The second-order valence-corrected chi connectivity index (χ2v) is 4.92. The van der Waals surface area contributed by atoms with Gasteiger partial charge in [-0.2, -0.15) is 0 Å². The highest BCUT2D eigenvalue weighted by atomic mass is 16.1. The Morgan fingerprint density at radius 1 is 1.00 bits per heavy atom. The van der Waals surface area contributed by atoms with Crippen molar-refractivity contribution < 1.29 is 4.79 Å².